The van der Waals surface area contributed by atoms with E-state index in [2.05, 4.69) is 30.3 Å². The molecular formula is C6H10F2NOP. The van der Waals surface area contributed by atoms with Gasteiger partial charge in [-0.1, -0.05) is 12.2 Å². The summed E-state index contributed by atoms with van der Waals surface area (Å²) in [5, 5.41) is 0. The second-order valence-corrected chi connectivity index (χ2v) is 2.35. The summed E-state index contributed by atoms with van der Waals surface area (Å²) in [6, 6.07) is 0. The van der Waals surface area contributed by atoms with Crippen LogP contribution < -0.4 is 0 Å². The van der Waals surface area contributed by atoms with Gasteiger partial charge in [0.15, 0.2) is 0 Å². The number of hydrogen-bond acceptors (Lipinski definition) is 2. The van der Waals surface area contributed by atoms with Gasteiger partial charge >= 0.3 is 8.77 Å². The molecule has 11 heavy (non-hydrogen) atoms. The van der Waals surface area contributed by atoms with E-state index in [4.69, 9.17) is 4.89 Å². The fourth-order valence-electron chi connectivity index (χ4n) is 0.563. The molecule has 5 heteroatoms. The maximum Gasteiger partial charge on any atom is 0.412 e. The number of rotatable bonds is 0. The van der Waals surface area contributed by atoms with Crippen molar-refractivity contribution in [3.05, 3.63) is 24.4 Å². The van der Waals surface area contributed by atoms with Gasteiger partial charge in [-0.15, -0.1) is 0 Å². The molecule has 0 aromatic carbocycles. The van der Waals surface area contributed by atoms with Crippen LogP contribution in [0.15, 0.2) is 24.4 Å². The van der Waals surface area contributed by atoms with Gasteiger partial charge in [0.05, 0.1) is 0 Å². The van der Waals surface area contributed by atoms with Crippen LogP contribution in [0.4, 0.5) is 8.39 Å². The summed E-state index contributed by atoms with van der Waals surface area (Å²) in [6.07, 6.45) is 8.27. The Kier molecular flexibility index (Phi) is 5.99. The van der Waals surface area contributed by atoms with Crippen molar-refractivity contribution >= 4 is 8.77 Å². The van der Waals surface area contributed by atoms with Crippen LogP contribution in [0.25, 0.3) is 0 Å². The minimum atomic E-state index is -3.62. The Morgan fingerprint density at radius 1 is 1.45 bits per heavy atom. The lowest BCUT2D eigenvalue weighted by atomic mass is 10.4. The molecule has 0 unspecified atom stereocenters. The molecule has 0 saturated carbocycles. The lowest BCUT2D eigenvalue weighted by Crippen LogP contribution is -2.11. The third kappa shape index (κ3) is 9.53. The molecule has 0 spiro atoms. The van der Waals surface area contributed by atoms with Crippen molar-refractivity contribution in [1.29, 1.82) is 0 Å². The third-order valence-electron chi connectivity index (χ3n) is 0.981. The molecule has 0 aromatic rings. The maximum absolute atomic E-state index is 9.95. The maximum atomic E-state index is 9.95. The molecule has 1 aliphatic heterocycles. The second kappa shape index (κ2) is 6.25. The Labute approximate surface area is 65.9 Å². The highest BCUT2D eigenvalue weighted by Gasteiger charge is 1.87. The van der Waals surface area contributed by atoms with E-state index in [9.17, 15) is 8.39 Å². The predicted molar refractivity (Wildman–Crippen MR) is 42.3 cm³/mol. The zero-order valence-electron chi connectivity index (χ0n) is 6.11. The highest BCUT2D eigenvalue weighted by Crippen LogP contribution is 2.31. The van der Waals surface area contributed by atoms with Crippen LogP contribution in [0.2, 0.25) is 0 Å². The molecule has 1 aliphatic rings. The lowest BCUT2D eigenvalue weighted by Gasteiger charge is -2.11. The summed E-state index contributed by atoms with van der Waals surface area (Å²) in [5.74, 6) is 0. The first kappa shape index (κ1) is 10.5. The summed E-state index contributed by atoms with van der Waals surface area (Å²) in [4.78, 5) is 8.91. The zero-order valence-corrected chi connectivity index (χ0v) is 7.01. The van der Waals surface area contributed by atoms with Crippen LogP contribution in [0.5, 0.6) is 0 Å². The molecule has 1 N–H and O–H groups in total. The molecular weight excluding hydrogens is 171 g/mol. The van der Waals surface area contributed by atoms with Crippen molar-refractivity contribution < 1.29 is 13.3 Å². The number of halogens is 2. The normalized spacial score (nSPS) is 14.8. The predicted octanol–water partition coefficient (Wildman–Crippen LogP) is 2.15. The van der Waals surface area contributed by atoms with Crippen molar-refractivity contribution in [3.8, 4) is 0 Å². The third-order valence-corrected chi connectivity index (χ3v) is 0.981. The average molecular weight is 181 g/mol. The highest BCUT2D eigenvalue weighted by atomic mass is 31.2. The largest absolute Gasteiger partial charge is 0.412 e. The molecule has 0 bridgehead atoms. The van der Waals surface area contributed by atoms with Gasteiger partial charge in [0.1, 0.15) is 0 Å². The van der Waals surface area contributed by atoms with Crippen molar-refractivity contribution in [3.63, 3.8) is 0 Å². The summed E-state index contributed by atoms with van der Waals surface area (Å²) in [6.45, 7) is 1.05. The van der Waals surface area contributed by atoms with Gasteiger partial charge in [-0.05, 0) is 12.3 Å². The van der Waals surface area contributed by atoms with Crippen molar-refractivity contribution in [1.82, 2.24) is 4.90 Å². The molecule has 64 valence electrons. The van der Waals surface area contributed by atoms with Gasteiger partial charge < -0.3 is 9.79 Å². The molecule has 0 aliphatic carbocycles. The Bertz CT molecular complexity index is 147. The Morgan fingerprint density at radius 2 is 2.00 bits per heavy atom. The number of likely N-dealkylation sites (N-methyl/N-ethyl adjacent to an activating group) is 1. The molecule has 1 rings (SSSR count). The van der Waals surface area contributed by atoms with E-state index in [1.54, 1.807) is 0 Å². The number of nitrogens with zero attached hydrogens (tertiary/aromatic N) is 1. The first-order chi connectivity index (χ1) is 5.13. The Morgan fingerprint density at radius 3 is 2.18 bits per heavy atom. The first-order valence-corrected chi connectivity index (χ1v) is 4.04. The standard InChI is InChI=1S/C6H9N.F2HOP/c1-7-5-3-2-4-6-7;1-4(2)3/h2-5H,6H2,1H3;3H. The van der Waals surface area contributed by atoms with E-state index < -0.39 is 8.77 Å². The van der Waals surface area contributed by atoms with Crippen LogP contribution in [0, 0.1) is 0 Å². The van der Waals surface area contributed by atoms with Crippen molar-refractivity contribution in [2.24, 2.45) is 0 Å². The van der Waals surface area contributed by atoms with Crippen LogP contribution in [0.3, 0.4) is 0 Å². The minimum absolute atomic E-state index is 1.05. The molecule has 0 aromatic heterocycles. The average Bonchev–Trinajstić information content (AvgIpc) is 1.87. The minimum Gasteiger partial charge on any atom is -0.377 e. The molecule has 0 fully saturated rings. The number of allylic oxidation sites excluding steroid dienone is 2. The van der Waals surface area contributed by atoms with Crippen LogP contribution in [-0.2, 0) is 0 Å². The zero-order chi connectivity index (χ0) is 8.69. The van der Waals surface area contributed by atoms with Crippen LogP contribution >= 0.6 is 8.77 Å². The molecule has 0 saturated heterocycles. The van der Waals surface area contributed by atoms with Crippen molar-refractivity contribution in [2.75, 3.05) is 13.6 Å². The summed E-state index contributed by atoms with van der Waals surface area (Å²) >= 11 is 0. The molecule has 2 nitrogen and oxygen atoms in total. The second-order valence-electron chi connectivity index (χ2n) is 1.92. The fourth-order valence-corrected chi connectivity index (χ4v) is 0.563. The summed E-state index contributed by atoms with van der Waals surface area (Å²) in [5.41, 5.74) is 0. The smallest absolute Gasteiger partial charge is 0.377 e. The van der Waals surface area contributed by atoms with Gasteiger partial charge in [0.25, 0.3) is 0 Å². The van der Waals surface area contributed by atoms with Crippen molar-refractivity contribution in [2.45, 2.75) is 0 Å². The molecule has 0 radical (unpaired) electrons. The number of hydrogen-bond donors (Lipinski definition) is 1. The Hall–Kier alpha value is -0.470. The van der Waals surface area contributed by atoms with Gasteiger partial charge in [-0.25, -0.2) is 0 Å². The lowest BCUT2D eigenvalue weighted by molar-refractivity contribution is 0.504. The quantitative estimate of drug-likeness (QED) is 0.579. The SMILES string of the molecule is CN1C=CC=CC1.OP(F)F. The van der Waals surface area contributed by atoms with E-state index in [1.165, 1.54) is 0 Å². The van der Waals surface area contributed by atoms with E-state index in [0.29, 0.717) is 0 Å². The first-order valence-electron chi connectivity index (χ1n) is 2.97. The van der Waals surface area contributed by atoms with E-state index >= 15 is 0 Å². The summed E-state index contributed by atoms with van der Waals surface area (Å²) in [7, 11) is -1.56. The van der Waals surface area contributed by atoms with E-state index in [0.717, 1.165) is 6.54 Å². The van der Waals surface area contributed by atoms with Gasteiger partial charge in [-0.2, -0.15) is 8.39 Å². The summed E-state index contributed by atoms with van der Waals surface area (Å²) < 4.78 is 19.9. The monoisotopic (exact) mass is 181 g/mol. The highest BCUT2D eigenvalue weighted by molar-refractivity contribution is 7.39. The molecule has 0 amide bonds. The van der Waals surface area contributed by atoms with E-state index in [1.807, 2.05) is 6.08 Å². The van der Waals surface area contributed by atoms with E-state index in [-0.39, 0.29) is 0 Å². The van der Waals surface area contributed by atoms with Gasteiger partial charge in [-0.3, -0.25) is 0 Å². The van der Waals surface area contributed by atoms with Gasteiger partial charge in [0, 0.05) is 13.6 Å². The fraction of sp³-hybridized carbons (Fsp3) is 0.333. The topological polar surface area (TPSA) is 23.5 Å². The van der Waals surface area contributed by atoms with Gasteiger partial charge in [0.2, 0.25) is 0 Å². The molecule has 1 heterocycles. The Balaban J connectivity index is 0.000000218. The van der Waals surface area contributed by atoms with Crippen LogP contribution in [-0.4, -0.2) is 23.4 Å². The van der Waals surface area contributed by atoms with Crippen LogP contribution in [0.1, 0.15) is 0 Å². The molecule has 0 atom stereocenters.